The van der Waals surface area contributed by atoms with Gasteiger partial charge in [0.2, 0.25) is 0 Å². The van der Waals surface area contributed by atoms with Gasteiger partial charge in [-0.05, 0) is 25.0 Å². The summed E-state index contributed by atoms with van der Waals surface area (Å²) in [6, 6.07) is 4.14. The minimum atomic E-state index is -4.31. The van der Waals surface area contributed by atoms with Crippen LogP contribution in [-0.4, -0.2) is 37.2 Å². The SMILES string of the molecule is CCCCOc1ccc(S(=O)(=O)C(=[N+]=[N-])C(=O)C(C)(C)C)cc1OCCCC. The van der Waals surface area contributed by atoms with Crippen molar-refractivity contribution in [2.45, 2.75) is 65.2 Å². The maximum Gasteiger partial charge on any atom is 0.452 e. The van der Waals surface area contributed by atoms with Gasteiger partial charge in [0.05, 0.1) is 18.1 Å². The summed E-state index contributed by atoms with van der Waals surface area (Å²) >= 11 is 0. The van der Waals surface area contributed by atoms with Crippen molar-refractivity contribution in [1.82, 2.24) is 0 Å². The van der Waals surface area contributed by atoms with Crippen molar-refractivity contribution in [3.8, 4) is 11.5 Å². The normalized spacial score (nSPS) is 11.6. The first kappa shape index (κ1) is 23.9. The zero-order chi connectivity index (χ0) is 21.4. The Bertz CT molecular complexity index is 835. The van der Waals surface area contributed by atoms with Crippen LogP contribution in [-0.2, 0) is 14.6 Å². The Labute approximate surface area is 167 Å². The lowest BCUT2D eigenvalue weighted by Crippen LogP contribution is -2.35. The van der Waals surface area contributed by atoms with E-state index in [9.17, 15) is 18.7 Å². The lowest BCUT2D eigenvalue weighted by Gasteiger charge is -2.15. The number of sulfone groups is 1. The molecule has 0 spiro atoms. The predicted octanol–water partition coefficient (Wildman–Crippen LogP) is 4.06. The summed E-state index contributed by atoms with van der Waals surface area (Å²) in [5, 5.41) is -0.890. The molecular weight excluding hydrogens is 380 g/mol. The summed E-state index contributed by atoms with van der Waals surface area (Å²) in [6.07, 6.45) is 3.54. The molecule has 0 bridgehead atoms. The van der Waals surface area contributed by atoms with Gasteiger partial charge in [0, 0.05) is 11.5 Å². The Morgan fingerprint density at radius 1 is 1.04 bits per heavy atom. The van der Waals surface area contributed by atoms with E-state index in [2.05, 4.69) is 4.79 Å². The predicted molar refractivity (Wildman–Crippen MR) is 108 cm³/mol. The van der Waals surface area contributed by atoms with Gasteiger partial charge in [0.1, 0.15) is 0 Å². The highest BCUT2D eigenvalue weighted by atomic mass is 32.2. The molecule has 0 aliphatic rings. The largest absolute Gasteiger partial charge is 0.490 e. The number of carbonyl (C=O) groups is 1. The average Bonchev–Trinajstić information content (AvgIpc) is 2.62. The van der Waals surface area contributed by atoms with Crippen molar-refractivity contribution in [1.29, 1.82) is 0 Å². The van der Waals surface area contributed by atoms with Crippen molar-refractivity contribution >= 4 is 20.7 Å². The Kier molecular flexibility index (Phi) is 8.85. The molecule has 0 radical (unpaired) electrons. The number of unbranched alkanes of at least 4 members (excludes halogenated alkanes) is 2. The Morgan fingerprint density at radius 3 is 2.04 bits per heavy atom. The van der Waals surface area contributed by atoms with Crippen LogP contribution in [0, 0.1) is 5.41 Å². The smallest absolute Gasteiger partial charge is 0.452 e. The van der Waals surface area contributed by atoms with Gasteiger partial charge >= 0.3 is 5.04 Å². The third kappa shape index (κ3) is 6.17. The van der Waals surface area contributed by atoms with Gasteiger partial charge < -0.3 is 15.0 Å². The van der Waals surface area contributed by atoms with Gasteiger partial charge in [-0.2, -0.15) is 0 Å². The highest BCUT2D eigenvalue weighted by Crippen LogP contribution is 2.32. The van der Waals surface area contributed by atoms with Gasteiger partial charge in [-0.15, -0.1) is 4.79 Å². The molecule has 7 nitrogen and oxygen atoms in total. The van der Waals surface area contributed by atoms with E-state index >= 15 is 0 Å². The molecule has 0 saturated carbocycles. The monoisotopic (exact) mass is 410 g/mol. The Balaban J connectivity index is 3.32. The topological polar surface area (TPSA) is 106 Å². The zero-order valence-electron chi connectivity index (χ0n) is 17.3. The molecular formula is C20H30N2O5S. The van der Waals surface area contributed by atoms with Crippen molar-refractivity contribution < 1.29 is 27.5 Å². The number of rotatable bonds is 10. The lowest BCUT2D eigenvalue weighted by atomic mass is 9.91. The molecule has 28 heavy (non-hydrogen) atoms. The quantitative estimate of drug-likeness (QED) is 0.190. The van der Waals surface area contributed by atoms with Crippen molar-refractivity contribution in [2.24, 2.45) is 5.41 Å². The van der Waals surface area contributed by atoms with Crippen LogP contribution in [0.1, 0.15) is 60.3 Å². The molecule has 0 unspecified atom stereocenters. The number of hydrogen-bond donors (Lipinski definition) is 0. The first-order valence-corrected chi connectivity index (χ1v) is 11.0. The van der Waals surface area contributed by atoms with E-state index < -0.39 is 26.1 Å². The Hall–Kier alpha value is -2.18. The minimum absolute atomic E-state index is 0.188. The first-order chi connectivity index (χ1) is 13.1. The summed E-state index contributed by atoms with van der Waals surface area (Å²) < 4.78 is 37.2. The maximum atomic E-state index is 12.9. The molecule has 1 aromatic carbocycles. The molecule has 0 heterocycles. The number of Topliss-reactive ketones (excluding diaryl/α,β-unsaturated/α-hetero) is 1. The van der Waals surface area contributed by atoms with Gasteiger partial charge in [-0.1, -0.05) is 47.5 Å². The molecule has 1 rings (SSSR count). The second-order valence-electron chi connectivity index (χ2n) is 7.50. The second-order valence-corrected chi connectivity index (χ2v) is 9.37. The van der Waals surface area contributed by atoms with Crippen molar-refractivity contribution in [3.05, 3.63) is 23.7 Å². The second kappa shape index (κ2) is 10.4. The fourth-order valence-corrected chi connectivity index (χ4v) is 3.58. The number of benzene rings is 1. The summed E-state index contributed by atoms with van der Waals surface area (Å²) in [4.78, 5) is 15.0. The number of ketones is 1. The van der Waals surface area contributed by atoms with Crippen LogP contribution in [0.15, 0.2) is 23.1 Å². The number of hydrogen-bond acceptors (Lipinski definition) is 5. The van der Waals surface area contributed by atoms with Crippen LogP contribution in [0.5, 0.6) is 11.5 Å². The first-order valence-electron chi connectivity index (χ1n) is 9.51. The maximum absolute atomic E-state index is 12.9. The third-order valence-electron chi connectivity index (χ3n) is 3.96. The molecule has 0 aromatic heterocycles. The standard InChI is InChI=1S/C20H30N2O5S/c1-6-8-12-26-16-11-10-15(14-17(16)27-13-9-7-2)28(24,25)19(22-21)18(23)20(3,4)5/h10-11,14H,6-9,12-13H2,1-5H3. The Morgan fingerprint density at radius 2 is 1.57 bits per heavy atom. The third-order valence-corrected chi connectivity index (χ3v) is 5.61. The molecule has 0 fully saturated rings. The van der Waals surface area contributed by atoms with E-state index in [1.54, 1.807) is 20.8 Å². The van der Waals surface area contributed by atoms with E-state index in [4.69, 9.17) is 9.47 Å². The van der Waals surface area contributed by atoms with E-state index in [1.165, 1.54) is 18.2 Å². The highest BCUT2D eigenvalue weighted by molar-refractivity contribution is 8.08. The number of nitrogens with zero attached hydrogens (tertiary/aromatic N) is 2. The van der Waals surface area contributed by atoms with E-state index in [1.807, 2.05) is 13.8 Å². The van der Waals surface area contributed by atoms with Crippen molar-refractivity contribution in [2.75, 3.05) is 13.2 Å². The average molecular weight is 411 g/mol. The van der Waals surface area contributed by atoms with Crippen LogP contribution >= 0.6 is 0 Å². The minimum Gasteiger partial charge on any atom is -0.490 e. The molecule has 0 atom stereocenters. The van der Waals surface area contributed by atoms with Gasteiger partial charge in [0.15, 0.2) is 11.5 Å². The fourth-order valence-electron chi connectivity index (χ4n) is 2.19. The molecule has 0 saturated heterocycles. The van der Waals surface area contributed by atoms with Gasteiger partial charge in [-0.3, -0.25) is 4.79 Å². The summed E-state index contributed by atoms with van der Waals surface area (Å²) in [5.41, 5.74) is 8.21. The van der Waals surface area contributed by atoms with Crippen LogP contribution in [0.2, 0.25) is 0 Å². The molecule has 0 aliphatic carbocycles. The van der Waals surface area contributed by atoms with Crippen LogP contribution in [0.4, 0.5) is 0 Å². The lowest BCUT2D eigenvalue weighted by molar-refractivity contribution is -0.123. The van der Waals surface area contributed by atoms with Crippen molar-refractivity contribution in [3.63, 3.8) is 0 Å². The van der Waals surface area contributed by atoms with E-state index in [0.29, 0.717) is 19.0 Å². The number of ether oxygens (including phenoxy) is 2. The van der Waals surface area contributed by atoms with E-state index in [0.717, 1.165) is 25.7 Å². The fraction of sp³-hybridized carbons (Fsp3) is 0.600. The summed E-state index contributed by atoms with van der Waals surface area (Å²) in [5.74, 6) is -0.0500. The molecule has 0 N–H and O–H groups in total. The summed E-state index contributed by atoms with van der Waals surface area (Å²) in [6.45, 7) is 9.62. The summed E-state index contributed by atoms with van der Waals surface area (Å²) in [7, 11) is -4.31. The molecule has 8 heteroatoms. The molecule has 0 aliphatic heterocycles. The molecule has 156 valence electrons. The molecule has 0 amide bonds. The van der Waals surface area contributed by atoms with Gasteiger partial charge in [-0.25, -0.2) is 8.42 Å². The van der Waals surface area contributed by atoms with Gasteiger partial charge in [0.25, 0.3) is 15.6 Å². The highest BCUT2D eigenvalue weighted by Gasteiger charge is 2.43. The zero-order valence-corrected chi connectivity index (χ0v) is 18.1. The molecule has 1 aromatic rings. The van der Waals surface area contributed by atoms with Crippen LogP contribution in [0.25, 0.3) is 5.53 Å². The van der Waals surface area contributed by atoms with Crippen LogP contribution in [0.3, 0.4) is 0 Å². The van der Waals surface area contributed by atoms with E-state index in [-0.39, 0.29) is 10.6 Å². The van der Waals surface area contributed by atoms with Crippen LogP contribution < -0.4 is 9.47 Å². The number of carbonyl (C=O) groups excluding carboxylic acids is 1.